The highest BCUT2D eigenvalue weighted by molar-refractivity contribution is 7.99. The molecule has 1 aliphatic rings. The summed E-state index contributed by atoms with van der Waals surface area (Å²) in [6.07, 6.45) is 4.64. The number of para-hydroxylation sites is 1. The van der Waals surface area contributed by atoms with Gasteiger partial charge in [0.25, 0.3) is 0 Å². The molecule has 4 rings (SSSR count). The van der Waals surface area contributed by atoms with E-state index in [0.29, 0.717) is 45.5 Å². The Morgan fingerprint density at radius 2 is 1.97 bits per heavy atom. The van der Waals surface area contributed by atoms with Crippen molar-refractivity contribution in [3.05, 3.63) is 51.1 Å². The van der Waals surface area contributed by atoms with Crippen molar-refractivity contribution in [3.8, 4) is 5.75 Å². The number of nitrogens with one attached hydrogen (secondary N) is 1. The summed E-state index contributed by atoms with van der Waals surface area (Å²) in [6, 6.07) is 7.28. The molecular formula is C26H31ClN4O4S2. The smallest absolute Gasteiger partial charge is 0.341 e. The van der Waals surface area contributed by atoms with Gasteiger partial charge in [-0.1, -0.05) is 41.9 Å². The maximum atomic E-state index is 12.9. The summed E-state index contributed by atoms with van der Waals surface area (Å²) in [5.74, 6) is 0.773. The molecule has 1 aliphatic carbocycles. The van der Waals surface area contributed by atoms with Gasteiger partial charge < -0.3 is 19.4 Å². The number of hydrogen-bond acceptors (Lipinski definition) is 8. The van der Waals surface area contributed by atoms with Gasteiger partial charge in [-0.2, -0.15) is 0 Å². The monoisotopic (exact) mass is 562 g/mol. The van der Waals surface area contributed by atoms with Crippen molar-refractivity contribution in [1.29, 1.82) is 0 Å². The summed E-state index contributed by atoms with van der Waals surface area (Å²) >= 11 is 9.02. The molecule has 1 aromatic carbocycles. The van der Waals surface area contributed by atoms with E-state index in [9.17, 15) is 9.59 Å². The highest BCUT2D eigenvalue weighted by atomic mass is 35.5. The molecule has 0 spiro atoms. The Kier molecular flexibility index (Phi) is 9.50. The first-order valence-corrected chi connectivity index (χ1v) is 14.7. The Bertz CT molecular complexity index is 1260. The van der Waals surface area contributed by atoms with Gasteiger partial charge in [-0.3, -0.25) is 4.79 Å². The number of esters is 1. The van der Waals surface area contributed by atoms with E-state index in [1.165, 1.54) is 28.0 Å². The van der Waals surface area contributed by atoms with Crippen LogP contribution >= 0.6 is 34.7 Å². The maximum Gasteiger partial charge on any atom is 0.341 e. The second-order valence-electron chi connectivity index (χ2n) is 8.60. The van der Waals surface area contributed by atoms with Crippen LogP contribution in [-0.2, 0) is 28.9 Å². The van der Waals surface area contributed by atoms with Crippen LogP contribution in [0.1, 0.15) is 72.8 Å². The molecule has 198 valence electrons. The van der Waals surface area contributed by atoms with Gasteiger partial charge in [0.15, 0.2) is 17.1 Å². The minimum absolute atomic E-state index is 0.128. The Morgan fingerprint density at radius 3 is 2.73 bits per heavy atom. The molecule has 2 aromatic heterocycles. The molecule has 3 aromatic rings. The van der Waals surface area contributed by atoms with Crippen LogP contribution in [0, 0.1) is 0 Å². The van der Waals surface area contributed by atoms with E-state index in [-0.39, 0.29) is 23.7 Å². The zero-order valence-corrected chi connectivity index (χ0v) is 23.6. The van der Waals surface area contributed by atoms with Crippen LogP contribution in [0.5, 0.6) is 5.75 Å². The van der Waals surface area contributed by atoms with Gasteiger partial charge in [-0.05, 0) is 64.2 Å². The molecule has 0 radical (unpaired) electrons. The third-order valence-electron chi connectivity index (χ3n) is 6.05. The third-order valence-corrected chi connectivity index (χ3v) is 8.54. The van der Waals surface area contributed by atoms with Crippen molar-refractivity contribution >= 4 is 51.6 Å². The lowest BCUT2D eigenvalue weighted by Crippen LogP contribution is -2.17. The Labute approximate surface area is 230 Å². The molecule has 8 nitrogen and oxygen atoms in total. The van der Waals surface area contributed by atoms with Gasteiger partial charge in [-0.15, -0.1) is 21.5 Å². The quantitative estimate of drug-likeness (QED) is 0.175. The third kappa shape index (κ3) is 6.48. The SMILES string of the molecule is CCOC(=O)c1c(NC(=O)CSc2nnc(C(C)Oc3ccccc3Cl)n2CC)sc2c1CCCCC2. The predicted molar refractivity (Wildman–Crippen MR) is 147 cm³/mol. The standard InChI is InChI=1S/C26H31ClN4O4S2/c1-4-31-23(16(3)35-19-13-10-9-12-18(19)27)29-30-26(31)36-15-21(32)28-24-22(25(33)34-5-2)17-11-7-6-8-14-20(17)37-24/h9-10,12-13,16H,4-8,11,14-15H2,1-3H3,(H,28,32). The van der Waals surface area contributed by atoms with E-state index in [1.807, 2.05) is 30.5 Å². The largest absolute Gasteiger partial charge is 0.481 e. The van der Waals surface area contributed by atoms with Crippen LogP contribution in [0.2, 0.25) is 5.02 Å². The average molecular weight is 563 g/mol. The molecule has 37 heavy (non-hydrogen) atoms. The zero-order chi connectivity index (χ0) is 26.4. The van der Waals surface area contributed by atoms with Crippen molar-refractivity contribution in [2.24, 2.45) is 0 Å². The highest BCUT2D eigenvalue weighted by Crippen LogP contribution is 2.38. The molecule has 1 atom stereocenters. The van der Waals surface area contributed by atoms with E-state index >= 15 is 0 Å². The van der Waals surface area contributed by atoms with E-state index < -0.39 is 0 Å². The molecule has 11 heteroatoms. The molecule has 1 N–H and O–H groups in total. The lowest BCUT2D eigenvalue weighted by atomic mass is 10.1. The van der Waals surface area contributed by atoms with Gasteiger partial charge >= 0.3 is 5.97 Å². The van der Waals surface area contributed by atoms with Crippen LogP contribution in [0.4, 0.5) is 5.00 Å². The number of thiophene rings is 1. The fraction of sp³-hybridized carbons (Fsp3) is 0.462. The minimum atomic E-state index is -0.385. The second-order valence-corrected chi connectivity index (χ2v) is 11.1. The molecule has 0 aliphatic heterocycles. The lowest BCUT2D eigenvalue weighted by Gasteiger charge is -2.16. The molecule has 2 heterocycles. The van der Waals surface area contributed by atoms with Gasteiger partial charge in [0.2, 0.25) is 5.91 Å². The number of rotatable bonds is 10. The summed E-state index contributed by atoms with van der Waals surface area (Å²) < 4.78 is 13.3. The summed E-state index contributed by atoms with van der Waals surface area (Å²) in [4.78, 5) is 26.9. The number of aromatic nitrogens is 3. The molecule has 0 bridgehead atoms. The van der Waals surface area contributed by atoms with Crippen LogP contribution in [0.15, 0.2) is 29.4 Å². The first kappa shape index (κ1) is 27.5. The van der Waals surface area contributed by atoms with Crippen molar-refractivity contribution < 1.29 is 19.1 Å². The minimum Gasteiger partial charge on any atom is -0.481 e. The number of amides is 1. The number of halogens is 1. The van der Waals surface area contributed by atoms with E-state index in [0.717, 1.165) is 37.7 Å². The number of nitrogens with zero attached hydrogens (tertiary/aromatic N) is 3. The molecule has 1 amide bonds. The molecule has 0 fully saturated rings. The number of hydrogen-bond donors (Lipinski definition) is 1. The molecule has 1 unspecified atom stereocenters. The van der Waals surface area contributed by atoms with Gasteiger partial charge in [0.05, 0.1) is 22.9 Å². The number of ether oxygens (including phenoxy) is 2. The number of benzene rings is 1. The predicted octanol–water partition coefficient (Wildman–Crippen LogP) is 6.33. The van der Waals surface area contributed by atoms with Gasteiger partial charge in [0.1, 0.15) is 10.8 Å². The number of aryl methyl sites for hydroxylation is 1. The van der Waals surface area contributed by atoms with Crippen LogP contribution in [0.25, 0.3) is 0 Å². The zero-order valence-electron chi connectivity index (χ0n) is 21.2. The lowest BCUT2D eigenvalue weighted by molar-refractivity contribution is -0.113. The normalized spacial score (nSPS) is 13.9. The fourth-order valence-electron chi connectivity index (χ4n) is 4.33. The van der Waals surface area contributed by atoms with Gasteiger partial charge in [-0.25, -0.2) is 4.79 Å². The van der Waals surface area contributed by atoms with E-state index in [4.69, 9.17) is 21.1 Å². The van der Waals surface area contributed by atoms with Gasteiger partial charge in [0, 0.05) is 11.4 Å². The van der Waals surface area contributed by atoms with Crippen molar-refractivity contribution in [2.75, 3.05) is 17.7 Å². The van der Waals surface area contributed by atoms with Crippen LogP contribution < -0.4 is 10.1 Å². The summed E-state index contributed by atoms with van der Waals surface area (Å²) in [5.41, 5.74) is 1.55. The average Bonchev–Trinajstić information content (AvgIpc) is 3.37. The number of anilines is 1. The Morgan fingerprint density at radius 1 is 1.19 bits per heavy atom. The number of fused-ring (bicyclic) bond motifs is 1. The molecule has 0 saturated carbocycles. The molecular weight excluding hydrogens is 532 g/mol. The summed E-state index contributed by atoms with van der Waals surface area (Å²) in [7, 11) is 0. The van der Waals surface area contributed by atoms with Crippen LogP contribution in [-0.4, -0.2) is 39.0 Å². The van der Waals surface area contributed by atoms with E-state index in [1.54, 1.807) is 19.1 Å². The van der Waals surface area contributed by atoms with Crippen molar-refractivity contribution in [1.82, 2.24) is 14.8 Å². The second kappa shape index (κ2) is 12.8. The van der Waals surface area contributed by atoms with Crippen LogP contribution in [0.3, 0.4) is 0 Å². The van der Waals surface area contributed by atoms with Crippen molar-refractivity contribution in [2.45, 2.75) is 70.7 Å². The number of carbonyl (C=O) groups excluding carboxylic acids is 2. The number of carbonyl (C=O) groups is 2. The fourth-order valence-corrected chi connectivity index (χ4v) is 6.61. The Hall–Kier alpha value is -2.56. The van der Waals surface area contributed by atoms with Crippen molar-refractivity contribution in [3.63, 3.8) is 0 Å². The summed E-state index contributed by atoms with van der Waals surface area (Å²) in [6.45, 7) is 6.58. The topological polar surface area (TPSA) is 95.3 Å². The first-order valence-electron chi connectivity index (χ1n) is 12.5. The first-order chi connectivity index (χ1) is 17.9. The Balaban J connectivity index is 1.45. The number of thioether (sulfide) groups is 1. The summed E-state index contributed by atoms with van der Waals surface area (Å²) in [5, 5.41) is 13.3. The maximum absolute atomic E-state index is 12.9. The highest BCUT2D eigenvalue weighted by Gasteiger charge is 2.27. The molecule has 0 saturated heterocycles. The van der Waals surface area contributed by atoms with E-state index in [2.05, 4.69) is 15.5 Å².